The van der Waals surface area contributed by atoms with Gasteiger partial charge in [0.05, 0.1) is 12.7 Å². The fraction of sp³-hybridized carbons (Fsp3) is 0.733. The third-order valence-corrected chi connectivity index (χ3v) is 4.56. The van der Waals surface area contributed by atoms with E-state index in [1.165, 1.54) is 6.07 Å². The number of aryl methyl sites for hydroxylation is 1. The number of β-amino-alcohol motifs (C(OH)–C–C–N with tert-alkyl or cyclic N) is 1. The van der Waals surface area contributed by atoms with Crippen molar-refractivity contribution in [1.82, 2.24) is 10.1 Å². The molecule has 1 amide bonds. The number of H-pyrrole nitrogens is 1. The molecule has 22 heavy (non-hydrogen) atoms. The number of rotatable bonds is 6. The Balaban J connectivity index is 1.89. The third-order valence-electron chi connectivity index (χ3n) is 4.56. The number of aromatic amines is 1. The predicted octanol–water partition coefficient (Wildman–Crippen LogP) is 0.272. The second-order valence-corrected chi connectivity index (χ2v) is 6.06. The van der Waals surface area contributed by atoms with Gasteiger partial charge >= 0.3 is 0 Å². The zero-order valence-electron chi connectivity index (χ0n) is 12.9. The number of hydrogen-bond donors (Lipinski definition) is 3. The molecule has 0 saturated carbocycles. The van der Waals surface area contributed by atoms with Gasteiger partial charge in [0, 0.05) is 37.4 Å². The Morgan fingerprint density at radius 2 is 2.36 bits per heavy atom. The second-order valence-electron chi connectivity index (χ2n) is 6.06. The third kappa shape index (κ3) is 3.59. The van der Waals surface area contributed by atoms with E-state index in [1.807, 2.05) is 6.92 Å². The maximum atomic E-state index is 12.2. The van der Waals surface area contributed by atoms with Crippen LogP contribution in [0.5, 0.6) is 0 Å². The number of aromatic nitrogens is 1. The van der Waals surface area contributed by atoms with Crippen LogP contribution in [0, 0.1) is 5.41 Å². The number of aliphatic hydroxyl groups excluding tert-OH is 2. The molecule has 1 saturated heterocycles. The fourth-order valence-electron chi connectivity index (χ4n) is 3.13. The quantitative estimate of drug-likeness (QED) is 0.699. The lowest BCUT2D eigenvalue weighted by Crippen LogP contribution is -2.54. The number of piperidine rings is 1. The second kappa shape index (κ2) is 7.11. The van der Waals surface area contributed by atoms with Gasteiger partial charge in [-0.3, -0.25) is 9.59 Å². The molecule has 1 aliphatic heterocycles. The van der Waals surface area contributed by atoms with Gasteiger partial charge in [-0.25, -0.2) is 0 Å². The van der Waals surface area contributed by atoms with Crippen molar-refractivity contribution in [3.8, 4) is 0 Å². The Labute approximate surface area is 128 Å². The molecular formula is C15H24N2O5. The molecule has 7 heteroatoms. The van der Waals surface area contributed by atoms with Gasteiger partial charge in [0.25, 0.3) is 5.56 Å². The van der Waals surface area contributed by atoms with E-state index in [9.17, 15) is 19.8 Å². The van der Waals surface area contributed by atoms with Crippen LogP contribution in [0.25, 0.3) is 0 Å². The minimum absolute atomic E-state index is 0.0570. The van der Waals surface area contributed by atoms with Crippen LogP contribution >= 0.6 is 0 Å². The van der Waals surface area contributed by atoms with Gasteiger partial charge in [-0.05, 0) is 12.8 Å². The van der Waals surface area contributed by atoms with Crippen molar-refractivity contribution in [3.05, 3.63) is 22.2 Å². The van der Waals surface area contributed by atoms with E-state index in [2.05, 4.69) is 5.16 Å². The first-order valence-corrected chi connectivity index (χ1v) is 7.75. The van der Waals surface area contributed by atoms with E-state index in [0.29, 0.717) is 25.1 Å². The molecular weight excluding hydrogens is 288 g/mol. The standard InChI is InChI=1S/C15H24N2O5/c1-2-5-15(10-18)6-7-17(9-12(15)19)14(21)4-3-11-8-13(20)16-22-11/h8,12,18-19H,2-7,9-10H2,1H3,(H,16,20)/t12-,15-/m1/s1. The van der Waals surface area contributed by atoms with Gasteiger partial charge in [-0.15, -0.1) is 0 Å². The summed E-state index contributed by atoms with van der Waals surface area (Å²) in [6.45, 7) is 2.74. The van der Waals surface area contributed by atoms with Crippen molar-refractivity contribution in [3.63, 3.8) is 0 Å². The molecule has 2 atom stereocenters. The van der Waals surface area contributed by atoms with Gasteiger partial charge in [-0.1, -0.05) is 13.3 Å². The molecule has 1 fully saturated rings. The molecule has 0 bridgehead atoms. The van der Waals surface area contributed by atoms with Crippen molar-refractivity contribution in [1.29, 1.82) is 0 Å². The monoisotopic (exact) mass is 312 g/mol. The topological polar surface area (TPSA) is 107 Å². The van der Waals surface area contributed by atoms with Crippen molar-refractivity contribution in [2.45, 2.75) is 45.1 Å². The number of likely N-dealkylation sites (tertiary alicyclic amines) is 1. The summed E-state index contributed by atoms with van der Waals surface area (Å²) >= 11 is 0. The van der Waals surface area contributed by atoms with Crippen LogP contribution in [0.1, 0.15) is 38.4 Å². The molecule has 0 aliphatic carbocycles. The number of nitrogens with zero attached hydrogens (tertiary/aromatic N) is 1. The lowest BCUT2D eigenvalue weighted by Gasteiger charge is -2.44. The van der Waals surface area contributed by atoms with Gasteiger partial charge in [0.1, 0.15) is 5.76 Å². The number of amides is 1. The summed E-state index contributed by atoms with van der Waals surface area (Å²) in [6, 6.07) is 1.33. The molecule has 0 unspecified atom stereocenters. The SMILES string of the molecule is CCC[C@]1(CO)CCN(C(=O)CCc2cc(=O)[nH]o2)C[C@H]1O. The van der Waals surface area contributed by atoms with E-state index in [4.69, 9.17) is 4.52 Å². The molecule has 124 valence electrons. The first-order valence-electron chi connectivity index (χ1n) is 7.75. The number of carbonyl (C=O) groups is 1. The average molecular weight is 312 g/mol. The van der Waals surface area contributed by atoms with Gasteiger partial charge in [-0.2, -0.15) is 5.16 Å². The Morgan fingerprint density at radius 1 is 1.59 bits per heavy atom. The number of hydrogen-bond acceptors (Lipinski definition) is 5. The first kappa shape index (κ1) is 16.8. The van der Waals surface area contributed by atoms with Crippen LogP contribution < -0.4 is 5.56 Å². The smallest absolute Gasteiger partial charge is 0.280 e. The molecule has 1 aromatic rings. The van der Waals surface area contributed by atoms with Crippen LogP contribution in [0.4, 0.5) is 0 Å². The minimum atomic E-state index is -0.708. The Hall–Kier alpha value is -1.60. The summed E-state index contributed by atoms with van der Waals surface area (Å²) in [5.41, 5.74) is -0.804. The van der Waals surface area contributed by atoms with Crippen LogP contribution in [0.2, 0.25) is 0 Å². The lowest BCUT2D eigenvalue weighted by atomic mass is 9.73. The van der Waals surface area contributed by atoms with Crippen molar-refractivity contribution >= 4 is 5.91 Å². The van der Waals surface area contributed by atoms with Crippen molar-refractivity contribution in [2.75, 3.05) is 19.7 Å². The number of aliphatic hydroxyl groups is 2. The zero-order chi connectivity index (χ0) is 16.2. The van der Waals surface area contributed by atoms with Crippen LogP contribution in [-0.2, 0) is 11.2 Å². The normalized spacial score (nSPS) is 25.4. The molecule has 0 spiro atoms. The Morgan fingerprint density at radius 3 is 2.91 bits per heavy atom. The van der Waals surface area contributed by atoms with Crippen molar-refractivity contribution in [2.24, 2.45) is 5.41 Å². The summed E-state index contributed by atoms with van der Waals surface area (Å²) in [6.07, 6.45) is 2.11. The van der Waals surface area contributed by atoms with Gasteiger partial charge < -0.3 is 19.6 Å². The summed E-state index contributed by atoms with van der Waals surface area (Å²) < 4.78 is 4.91. The van der Waals surface area contributed by atoms with Crippen LogP contribution in [0.3, 0.4) is 0 Å². The maximum Gasteiger partial charge on any atom is 0.280 e. The average Bonchev–Trinajstić information content (AvgIpc) is 2.92. The summed E-state index contributed by atoms with van der Waals surface area (Å²) in [5, 5.41) is 22.1. The molecule has 2 rings (SSSR count). The molecule has 0 aromatic carbocycles. The number of nitrogens with one attached hydrogen (secondary N) is 1. The molecule has 7 nitrogen and oxygen atoms in total. The molecule has 1 aromatic heterocycles. The molecule has 0 radical (unpaired) electrons. The maximum absolute atomic E-state index is 12.2. The van der Waals surface area contributed by atoms with Gasteiger partial charge in [0.15, 0.2) is 0 Å². The largest absolute Gasteiger partial charge is 0.396 e. The zero-order valence-corrected chi connectivity index (χ0v) is 12.9. The first-order chi connectivity index (χ1) is 10.5. The molecule has 3 N–H and O–H groups in total. The summed E-state index contributed by atoms with van der Waals surface area (Å²) in [7, 11) is 0. The lowest BCUT2D eigenvalue weighted by molar-refractivity contribution is -0.142. The minimum Gasteiger partial charge on any atom is -0.396 e. The van der Waals surface area contributed by atoms with E-state index in [0.717, 1.165) is 12.8 Å². The van der Waals surface area contributed by atoms with E-state index < -0.39 is 11.5 Å². The number of carbonyl (C=O) groups excluding carboxylic acids is 1. The Kier molecular flexibility index (Phi) is 5.42. The predicted molar refractivity (Wildman–Crippen MR) is 79.3 cm³/mol. The highest BCUT2D eigenvalue weighted by atomic mass is 16.5. The van der Waals surface area contributed by atoms with E-state index in [-0.39, 0.29) is 31.0 Å². The van der Waals surface area contributed by atoms with E-state index in [1.54, 1.807) is 4.90 Å². The van der Waals surface area contributed by atoms with Crippen LogP contribution in [0.15, 0.2) is 15.4 Å². The molecule has 1 aliphatic rings. The highest BCUT2D eigenvalue weighted by Crippen LogP contribution is 2.36. The Bertz CT molecular complexity index is 552. The van der Waals surface area contributed by atoms with Gasteiger partial charge in [0.2, 0.25) is 5.91 Å². The highest BCUT2D eigenvalue weighted by Gasteiger charge is 2.42. The van der Waals surface area contributed by atoms with E-state index >= 15 is 0 Å². The van der Waals surface area contributed by atoms with Crippen molar-refractivity contribution < 1.29 is 19.5 Å². The summed E-state index contributed by atoms with van der Waals surface area (Å²) in [4.78, 5) is 24.8. The van der Waals surface area contributed by atoms with Crippen LogP contribution in [-0.4, -0.2) is 52.0 Å². The molecule has 2 heterocycles. The fourth-order valence-corrected chi connectivity index (χ4v) is 3.13. The highest BCUT2D eigenvalue weighted by molar-refractivity contribution is 5.76. The summed E-state index contributed by atoms with van der Waals surface area (Å²) in [5.74, 6) is 0.373.